The smallest absolute Gasteiger partial charge is 0.241 e. The first kappa shape index (κ1) is 16.2. The van der Waals surface area contributed by atoms with Crippen LogP contribution in [0.3, 0.4) is 0 Å². The van der Waals surface area contributed by atoms with Gasteiger partial charge in [0.25, 0.3) is 0 Å². The van der Waals surface area contributed by atoms with Crippen LogP contribution in [0.1, 0.15) is 31.0 Å². The first-order valence-corrected chi connectivity index (χ1v) is 7.95. The van der Waals surface area contributed by atoms with Crippen LogP contribution in [0.4, 0.5) is 0 Å². The normalized spacial score (nSPS) is 14.4. The average Bonchev–Trinajstić information content (AvgIpc) is 2.95. The van der Waals surface area contributed by atoms with E-state index in [9.17, 15) is 14.4 Å². The Kier molecular flexibility index (Phi) is 4.33. The summed E-state index contributed by atoms with van der Waals surface area (Å²) in [6.07, 6.45) is 1.71. The van der Waals surface area contributed by atoms with Gasteiger partial charge < -0.3 is 4.52 Å². The lowest BCUT2D eigenvalue weighted by atomic mass is 10.0. The molecule has 3 aliphatic rings. The van der Waals surface area contributed by atoms with E-state index in [0.717, 1.165) is 17.5 Å². The lowest BCUT2D eigenvalue weighted by Gasteiger charge is -2.30. The number of benzene rings is 1. The Morgan fingerprint density at radius 1 is 1.38 bits per heavy atom. The van der Waals surface area contributed by atoms with Crippen LogP contribution in [0.5, 0.6) is 0 Å². The highest BCUT2D eigenvalue weighted by atomic mass is 16.5. The fourth-order valence-corrected chi connectivity index (χ4v) is 3.00. The Labute approximate surface area is 139 Å². The van der Waals surface area contributed by atoms with Gasteiger partial charge in [0.2, 0.25) is 11.8 Å². The van der Waals surface area contributed by atoms with Crippen LogP contribution in [0.2, 0.25) is 0 Å². The topological polar surface area (TPSA) is 83.7 Å². The number of amides is 2. The summed E-state index contributed by atoms with van der Waals surface area (Å²) in [4.78, 5) is 35.1. The molecule has 1 fully saturated rings. The van der Waals surface area contributed by atoms with Gasteiger partial charge >= 0.3 is 0 Å². The predicted octanol–water partition coefficient (Wildman–Crippen LogP) is 1.38. The number of carbonyl (C=O) groups excluding carboxylic acids is 2. The SMILES string of the molecule is CC(=O)N(CCc1noc2cc(=O)ccc-2c1C)N1CCCC1=O. The highest BCUT2D eigenvalue weighted by molar-refractivity contribution is 5.82. The number of hydrogen-bond acceptors (Lipinski definition) is 5. The van der Waals surface area contributed by atoms with Crippen LogP contribution in [-0.2, 0) is 16.0 Å². The van der Waals surface area contributed by atoms with Gasteiger partial charge in [0.15, 0.2) is 11.2 Å². The maximum absolute atomic E-state index is 11.9. The molecule has 1 aliphatic carbocycles. The summed E-state index contributed by atoms with van der Waals surface area (Å²) in [5, 5.41) is 7.06. The first-order chi connectivity index (χ1) is 11.5. The molecule has 0 aromatic rings. The molecule has 0 aromatic heterocycles. The van der Waals surface area contributed by atoms with Gasteiger partial charge in [0, 0.05) is 44.5 Å². The Balaban J connectivity index is 1.82. The Morgan fingerprint density at radius 3 is 2.83 bits per heavy atom. The zero-order valence-electron chi connectivity index (χ0n) is 13.7. The molecule has 0 aromatic carbocycles. The van der Waals surface area contributed by atoms with Crippen molar-refractivity contribution in [2.75, 3.05) is 13.1 Å². The van der Waals surface area contributed by atoms with Crippen molar-refractivity contribution < 1.29 is 14.1 Å². The molecular weight excluding hydrogens is 310 g/mol. The molecule has 2 aliphatic heterocycles. The fourth-order valence-electron chi connectivity index (χ4n) is 3.00. The van der Waals surface area contributed by atoms with E-state index in [0.29, 0.717) is 37.4 Å². The lowest BCUT2D eigenvalue weighted by Crippen LogP contribution is -2.47. The van der Waals surface area contributed by atoms with Crippen molar-refractivity contribution in [3.63, 3.8) is 0 Å². The van der Waals surface area contributed by atoms with Gasteiger partial charge in [-0.1, -0.05) is 5.16 Å². The number of fused-ring (bicyclic) bond motifs is 1. The van der Waals surface area contributed by atoms with Crippen molar-refractivity contribution in [3.8, 4) is 11.3 Å². The van der Waals surface area contributed by atoms with E-state index in [2.05, 4.69) is 5.16 Å². The van der Waals surface area contributed by atoms with Crippen molar-refractivity contribution in [1.82, 2.24) is 15.2 Å². The Morgan fingerprint density at radius 2 is 2.17 bits per heavy atom. The van der Waals surface area contributed by atoms with Crippen LogP contribution < -0.4 is 5.43 Å². The minimum absolute atomic E-state index is 0.0268. The molecule has 2 heterocycles. The molecule has 3 rings (SSSR count). The van der Waals surface area contributed by atoms with Gasteiger partial charge in [-0.2, -0.15) is 0 Å². The van der Waals surface area contributed by atoms with Gasteiger partial charge in [-0.25, -0.2) is 0 Å². The second-order valence-electron chi connectivity index (χ2n) is 5.92. The van der Waals surface area contributed by atoms with E-state index < -0.39 is 0 Å². The van der Waals surface area contributed by atoms with E-state index in [1.54, 1.807) is 6.07 Å². The lowest BCUT2D eigenvalue weighted by molar-refractivity contribution is -0.158. The van der Waals surface area contributed by atoms with E-state index in [1.807, 2.05) is 6.92 Å². The molecule has 0 N–H and O–H groups in total. The molecule has 0 radical (unpaired) electrons. The molecule has 0 atom stereocenters. The average molecular weight is 329 g/mol. The van der Waals surface area contributed by atoms with Crippen LogP contribution in [0.25, 0.3) is 11.3 Å². The quantitative estimate of drug-likeness (QED) is 0.846. The summed E-state index contributed by atoms with van der Waals surface area (Å²) in [7, 11) is 0. The van der Waals surface area contributed by atoms with Crippen molar-refractivity contribution >= 4 is 11.8 Å². The fraction of sp³-hybridized carbons (Fsp3) is 0.412. The maximum Gasteiger partial charge on any atom is 0.241 e. The predicted molar refractivity (Wildman–Crippen MR) is 86.2 cm³/mol. The number of nitrogens with zero attached hydrogens (tertiary/aromatic N) is 3. The van der Waals surface area contributed by atoms with Crippen LogP contribution >= 0.6 is 0 Å². The number of hydrazine groups is 1. The summed E-state index contributed by atoms with van der Waals surface area (Å²) >= 11 is 0. The molecule has 7 nitrogen and oxygen atoms in total. The molecule has 0 spiro atoms. The Hall–Kier alpha value is -2.70. The zero-order valence-corrected chi connectivity index (χ0v) is 13.7. The summed E-state index contributed by atoms with van der Waals surface area (Å²) in [6, 6.07) is 4.61. The van der Waals surface area contributed by atoms with Crippen molar-refractivity contribution in [1.29, 1.82) is 0 Å². The maximum atomic E-state index is 11.9. The molecule has 24 heavy (non-hydrogen) atoms. The zero-order chi connectivity index (χ0) is 17.3. The largest absolute Gasteiger partial charge is 0.356 e. The van der Waals surface area contributed by atoms with Gasteiger partial charge in [-0.05, 0) is 31.0 Å². The molecule has 2 amide bonds. The van der Waals surface area contributed by atoms with Gasteiger partial charge in [0.05, 0.1) is 5.69 Å². The van der Waals surface area contributed by atoms with Crippen molar-refractivity contribution in [3.05, 3.63) is 39.7 Å². The van der Waals surface area contributed by atoms with E-state index in [-0.39, 0.29) is 17.2 Å². The molecule has 0 bridgehead atoms. The minimum atomic E-state index is -0.170. The molecular formula is C17H19N3O4. The number of carbonyl (C=O) groups is 2. The van der Waals surface area contributed by atoms with E-state index in [1.165, 1.54) is 29.1 Å². The second kappa shape index (κ2) is 6.43. The number of aromatic nitrogens is 1. The van der Waals surface area contributed by atoms with Crippen molar-refractivity contribution in [2.24, 2.45) is 0 Å². The molecule has 7 heteroatoms. The van der Waals surface area contributed by atoms with Gasteiger partial charge in [-0.15, -0.1) is 0 Å². The summed E-state index contributed by atoms with van der Waals surface area (Å²) in [5.74, 6) is 0.250. The van der Waals surface area contributed by atoms with Crippen LogP contribution in [0, 0.1) is 6.92 Å². The van der Waals surface area contributed by atoms with E-state index in [4.69, 9.17) is 4.52 Å². The molecule has 0 unspecified atom stereocenters. The summed E-state index contributed by atoms with van der Waals surface area (Å²) < 4.78 is 5.31. The third kappa shape index (κ3) is 3.02. The minimum Gasteiger partial charge on any atom is -0.356 e. The van der Waals surface area contributed by atoms with Crippen LogP contribution in [0.15, 0.2) is 27.5 Å². The number of rotatable bonds is 4. The standard InChI is InChI=1S/C17H19N3O4/c1-11-14-6-5-13(22)10-16(14)24-18-15(11)7-9-19(12(2)21)20-8-3-4-17(20)23/h5-6,10H,3-4,7-9H2,1-2H3. The van der Waals surface area contributed by atoms with Crippen LogP contribution in [-0.4, -0.2) is 40.1 Å². The molecule has 1 saturated heterocycles. The Bertz CT molecular complexity index is 814. The monoisotopic (exact) mass is 329 g/mol. The number of hydrogen-bond donors (Lipinski definition) is 0. The van der Waals surface area contributed by atoms with Gasteiger partial charge in [0.1, 0.15) is 0 Å². The summed E-state index contributed by atoms with van der Waals surface area (Å²) in [6.45, 7) is 4.28. The third-order valence-corrected chi connectivity index (χ3v) is 4.31. The molecule has 0 saturated carbocycles. The first-order valence-electron chi connectivity index (χ1n) is 7.95. The highest BCUT2D eigenvalue weighted by Gasteiger charge is 2.28. The second-order valence-corrected chi connectivity index (χ2v) is 5.92. The summed E-state index contributed by atoms with van der Waals surface area (Å²) in [5.41, 5.74) is 2.31. The van der Waals surface area contributed by atoms with Gasteiger partial charge in [-0.3, -0.25) is 24.4 Å². The molecule has 126 valence electrons. The highest BCUT2D eigenvalue weighted by Crippen LogP contribution is 2.25. The third-order valence-electron chi connectivity index (χ3n) is 4.31. The van der Waals surface area contributed by atoms with E-state index >= 15 is 0 Å². The van der Waals surface area contributed by atoms with Crippen molar-refractivity contribution in [2.45, 2.75) is 33.1 Å².